The van der Waals surface area contributed by atoms with Crippen LogP contribution in [-0.4, -0.2) is 27.5 Å². The van der Waals surface area contributed by atoms with Gasteiger partial charge in [0.15, 0.2) is 0 Å². The zero-order chi connectivity index (χ0) is 14.0. The average Bonchev–Trinajstić information content (AvgIpc) is 2.35. The van der Waals surface area contributed by atoms with Gasteiger partial charge in [-0.1, -0.05) is 24.6 Å². The normalized spacial score (nSPS) is 24.4. The number of benzene rings is 1. The highest BCUT2D eigenvalue weighted by atomic mass is 79.9. The zero-order valence-electron chi connectivity index (χ0n) is 10.5. The minimum Gasteiger partial charge on any atom is -0.316 e. The molecule has 2 N–H and O–H groups in total. The summed E-state index contributed by atoms with van der Waals surface area (Å²) in [5, 5.41) is 3.46. The van der Waals surface area contributed by atoms with E-state index in [0.29, 0.717) is 4.47 Å². The van der Waals surface area contributed by atoms with E-state index in [-0.39, 0.29) is 21.9 Å². The molecule has 0 aromatic heterocycles. The lowest BCUT2D eigenvalue weighted by Crippen LogP contribution is -2.48. The molecule has 0 radical (unpaired) electrons. The molecule has 2 rings (SSSR count). The number of halogens is 2. The van der Waals surface area contributed by atoms with E-state index in [1.54, 1.807) is 12.1 Å². The molecule has 106 valence electrons. The molecule has 1 aromatic carbocycles. The zero-order valence-corrected chi connectivity index (χ0v) is 13.6. The molecule has 19 heavy (non-hydrogen) atoms. The Kier molecular flexibility index (Phi) is 4.89. The molecule has 1 aliphatic heterocycles. The average molecular weight is 368 g/mol. The van der Waals surface area contributed by atoms with Gasteiger partial charge in [0, 0.05) is 10.5 Å². The second-order valence-corrected chi connectivity index (χ2v) is 7.66. The van der Waals surface area contributed by atoms with Gasteiger partial charge in [-0.15, -0.1) is 0 Å². The third-order valence-electron chi connectivity index (χ3n) is 3.30. The van der Waals surface area contributed by atoms with Gasteiger partial charge in [-0.25, -0.2) is 13.1 Å². The van der Waals surface area contributed by atoms with Crippen LogP contribution in [0.4, 0.5) is 0 Å². The summed E-state index contributed by atoms with van der Waals surface area (Å²) in [4.78, 5) is 0.120. The van der Waals surface area contributed by atoms with Crippen molar-refractivity contribution < 1.29 is 8.42 Å². The Labute approximate surface area is 127 Å². The van der Waals surface area contributed by atoms with Gasteiger partial charge < -0.3 is 5.32 Å². The molecule has 1 fully saturated rings. The highest BCUT2D eigenvalue weighted by molar-refractivity contribution is 9.10. The van der Waals surface area contributed by atoms with E-state index in [1.807, 2.05) is 6.92 Å². The van der Waals surface area contributed by atoms with Crippen LogP contribution in [0.3, 0.4) is 0 Å². The van der Waals surface area contributed by atoms with Gasteiger partial charge in [-0.05, 0) is 53.5 Å². The molecule has 1 aromatic rings. The third kappa shape index (κ3) is 3.49. The van der Waals surface area contributed by atoms with E-state index in [2.05, 4.69) is 26.0 Å². The SMILES string of the molecule is CC1CNCCC1NS(=O)(=O)c1cccc(Br)c1Cl. The predicted molar refractivity (Wildman–Crippen MR) is 79.9 cm³/mol. The standard InChI is InChI=1S/C12H16BrClN2O2S/c1-8-7-15-6-5-10(8)16-19(17,18)11-4-2-3-9(13)12(11)14/h2-4,8,10,15-16H,5-7H2,1H3. The van der Waals surface area contributed by atoms with Crippen molar-refractivity contribution in [1.82, 2.24) is 10.0 Å². The van der Waals surface area contributed by atoms with Crippen LogP contribution in [0.15, 0.2) is 27.6 Å². The first-order valence-electron chi connectivity index (χ1n) is 6.09. The Morgan fingerprint density at radius 3 is 2.89 bits per heavy atom. The number of sulfonamides is 1. The Balaban J connectivity index is 2.25. The Hall–Kier alpha value is -0.140. The molecule has 4 nitrogen and oxygen atoms in total. The second-order valence-electron chi connectivity index (χ2n) is 4.75. The van der Waals surface area contributed by atoms with E-state index >= 15 is 0 Å². The molecule has 2 unspecified atom stereocenters. The molecule has 0 saturated carbocycles. The quantitative estimate of drug-likeness (QED) is 0.862. The summed E-state index contributed by atoms with van der Waals surface area (Å²) in [5.74, 6) is 0.259. The van der Waals surface area contributed by atoms with Gasteiger partial charge in [-0.3, -0.25) is 0 Å². The largest absolute Gasteiger partial charge is 0.316 e. The van der Waals surface area contributed by atoms with Gasteiger partial charge in [0.25, 0.3) is 0 Å². The fraction of sp³-hybridized carbons (Fsp3) is 0.500. The molecule has 2 atom stereocenters. The smallest absolute Gasteiger partial charge is 0.242 e. The minimum atomic E-state index is -3.59. The van der Waals surface area contributed by atoms with Crippen LogP contribution in [0.1, 0.15) is 13.3 Å². The summed E-state index contributed by atoms with van der Waals surface area (Å²) in [7, 11) is -3.59. The molecule has 0 spiro atoms. The maximum atomic E-state index is 12.4. The van der Waals surface area contributed by atoms with E-state index < -0.39 is 10.0 Å². The van der Waals surface area contributed by atoms with Gasteiger partial charge in [0.05, 0.1) is 5.02 Å². The number of hydrogen-bond acceptors (Lipinski definition) is 3. The first-order valence-corrected chi connectivity index (χ1v) is 8.74. The molecule has 0 aliphatic carbocycles. The summed E-state index contributed by atoms with van der Waals surface area (Å²) in [5.41, 5.74) is 0. The van der Waals surface area contributed by atoms with E-state index in [0.717, 1.165) is 19.5 Å². The Morgan fingerprint density at radius 2 is 2.21 bits per heavy atom. The van der Waals surface area contributed by atoms with Crippen LogP contribution in [-0.2, 0) is 10.0 Å². The molecule has 1 saturated heterocycles. The van der Waals surface area contributed by atoms with Gasteiger partial charge in [0.1, 0.15) is 4.90 Å². The fourth-order valence-electron chi connectivity index (χ4n) is 2.14. The number of hydrogen-bond donors (Lipinski definition) is 2. The van der Waals surface area contributed by atoms with E-state index in [4.69, 9.17) is 11.6 Å². The van der Waals surface area contributed by atoms with Crippen LogP contribution in [0.2, 0.25) is 5.02 Å². The second kappa shape index (κ2) is 6.10. The fourth-order valence-corrected chi connectivity index (χ4v) is 4.55. The van der Waals surface area contributed by atoms with Gasteiger partial charge >= 0.3 is 0 Å². The number of piperidine rings is 1. The number of rotatable bonds is 3. The molecular weight excluding hydrogens is 352 g/mol. The van der Waals surface area contributed by atoms with Crippen molar-refractivity contribution in [2.24, 2.45) is 5.92 Å². The molecule has 1 aliphatic rings. The highest BCUT2D eigenvalue weighted by Gasteiger charge is 2.28. The lowest BCUT2D eigenvalue weighted by molar-refractivity contribution is 0.328. The van der Waals surface area contributed by atoms with E-state index in [9.17, 15) is 8.42 Å². The highest BCUT2D eigenvalue weighted by Crippen LogP contribution is 2.29. The van der Waals surface area contributed by atoms with Crippen molar-refractivity contribution in [3.05, 3.63) is 27.7 Å². The van der Waals surface area contributed by atoms with Crippen molar-refractivity contribution in [3.63, 3.8) is 0 Å². The van der Waals surface area contributed by atoms with Crippen molar-refractivity contribution in [1.29, 1.82) is 0 Å². The van der Waals surface area contributed by atoms with Crippen LogP contribution in [0.25, 0.3) is 0 Å². The lowest BCUT2D eigenvalue weighted by Gasteiger charge is -2.30. The summed E-state index contributed by atoms with van der Waals surface area (Å²) in [6.07, 6.45) is 0.784. The van der Waals surface area contributed by atoms with Gasteiger partial charge in [-0.2, -0.15) is 0 Å². The van der Waals surface area contributed by atoms with Crippen LogP contribution in [0, 0.1) is 5.92 Å². The molecule has 0 bridgehead atoms. The summed E-state index contributed by atoms with van der Waals surface area (Å²) in [6, 6.07) is 4.84. The monoisotopic (exact) mass is 366 g/mol. The topological polar surface area (TPSA) is 58.2 Å². The minimum absolute atomic E-state index is 0.0544. The maximum absolute atomic E-state index is 12.4. The van der Waals surface area contributed by atoms with Crippen LogP contribution >= 0.6 is 27.5 Å². The van der Waals surface area contributed by atoms with Crippen LogP contribution < -0.4 is 10.0 Å². The molecule has 1 heterocycles. The molecular formula is C12H16BrClN2O2S. The summed E-state index contributed by atoms with van der Waals surface area (Å²) < 4.78 is 28.1. The Morgan fingerprint density at radius 1 is 1.47 bits per heavy atom. The number of nitrogens with one attached hydrogen (secondary N) is 2. The summed E-state index contributed by atoms with van der Waals surface area (Å²) >= 11 is 9.29. The molecule has 7 heteroatoms. The predicted octanol–water partition coefficient (Wildman–Crippen LogP) is 2.38. The first-order chi connectivity index (χ1) is 8.92. The van der Waals surface area contributed by atoms with Crippen molar-refractivity contribution >= 4 is 37.6 Å². The third-order valence-corrected chi connectivity index (χ3v) is 6.24. The first kappa shape index (κ1) is 15.3. The van der Waals surface area contributed by atoms with Crippen molar-refractivity contribution in [3.8, 4) is 0 Å². The lowest BCUT2D eigenvalue weighted by atomic mass is 9.97. The summed E-state index contributed by atoms with van der Waals surface area (Å²) in [6.45, 7) is 3.67. The van der Waals surface area contributed by atoms with Crippen molar-refractivity contribution in [2.75, 3.05) is 13.1 Å². The van der Waals surface area contributed by atoms with Gasteiger partial charge in [0.2, 0.25) is 10.0 Å². The maximum Gasteiger partial charge on any atom is 0.242 e. The van der Waals surface area contributed by atoms with Crippen LogP contribution in [0.5, 0.6) is 0 Å². The molecule has 0 amide bonds. The van der Waals surface area contributed by atoms with E-state index in [1.165, 1.54) is 6.07 Å². The Bertz CT molecular complexity index is 565. The van der Waals surface area contributed by atoms with Crippen molar-refractivity contribution in [2.45, 2.75) is 24.3 Å².